The first kappa shape index (κ1) is 16.3. The van der Waals surface area contributed by atoms with Crippen LogP contribution in [-0.2, 0) is 14.8 Å². The minimum Gasteiger partial charge on any atom is -0.481 e. The van der Waals surface area contributed by atoms with E-state index in [4.69, 9.17) is 5.11 Å². The number of carbonyl (C=O) groups is 1. The normalized spacial score (nSPS) is 12.8. The van der Waals surface area contributed by atoms with Crippen LogP contribution < -0.4 is 10.0 Å². The number of aliphatic carboxylic acids is 1. The van der Waals surface area contributed by atoms with Gasteiger partial charge in [-0.2, -0.15) is 0 Å². The van der Waals surface area contributed by atoms with Gasteiger partial charge in [-0.15, -0.1) is 0 Å². The Labute approximate surface area is 119 Å². The predicted molar refractivity (Wildman–Crippen MR) is 79.6 cm³/mol. The molecule has 6 nitrogen and oxygen atoms in total. The van der Waals surface area contributed by atoms with Crippen LogP contribution in [0.4, 0.5) is 11.4 Å². The van der Waals surface area contributed by atoms with Crippen LogP contribution in [0.15, 0.2) is 18.2 Å². The summed E-state index contributed by atoms with van der Waals surface area (Å²) in [5.41, 5.74) is 2.17. The molecule has 0 radical (unpaired) electrons. The summed E-state index contributed by atoms with van der Waals surface area (Å²) in [5.74, 6) is -0.817. The van der Waals surface area contributed by atoms with E-state index in [2.05, 4.69) is 10.0 Å². The second-order valence-electron chi connectivity index (χ2n) is 4.88. The summed E-state index contributed by atoms with van der Waals surface area (Å²) in [7, 11) is -3.29. The molecule has 0 heterocycles. The molecule has 0 aliphatic carbocycles. The van der Waals surface area contributed by atoms with Crippen LogP contribution in [0.25, 0.3) is 0 Å². The molecule has 0 aliphatic heterocycles. The van der Waals surface area contributed by atoms with Crippen molar-refractivity contribution in [2.75, 3.05) is 16.3 Å². The lowest BCUT2D eigenvalue weighted by atomic mass is 10.1. The zero-order chi connectivity index (χ0) is 15.3. The molecule has 0 saturated heterocycles. The summed E-state index contributed by atoms with van der Waals surface area (Å²) >= 11 is 0. The van der Waals surface area contributed by atoms with Crippen molar-refractivity contribution in [3.63, 3.8) is 0 Å². The second kappa shape index (κ2) is 6.60. The van der Waals surface area contributed by atoms with Crippen molar-refractivity contribution in [2.45, 2.75) is 32.7 Å². The van der Waals surface area contributed by atoms with Gasteiger partial charge < -0.3 is 10.4 Å². The van der Waals surface area contributed by atoms with E-state index in [1.54, 1.807) is 19.1 Å². The molecular formula is C13H20N2O4S. The van der Waals surface area contributed by atoms with Crippen molar-refractivity contribution in [3.8, 4) is 0 Å². The number of nitrogens with one attached hydrogen (secondary N) is 2. The number of carboxylic acid groups (broad SMARTS) is 1. The van der Waals surface area contributed by atoms with Crippen molar-refractivity contribution in [2.24, 2.45) is 0 Å². The summed E-state index contributed by atoms with van der Waals surface area (Å²) in [6, 6.07) is 5.30. The third kappa shape index (κ3) is 5.92. The first-order valence-electron chi connectivity index (χ1n) is 6.24. The van der Waals surface area contributed by atoms with Gasteiger partial charge in [-0.3, -0.25) is 9.52 Å². The lowest BCUT2D eigenvalue weighted by Crippen LogP contribution is -2.17. The predicted octanol–water partition coefficient (Wildman–Crippen LogP) is 2.03. The topological polar surface area (TPSA) is 95.5 Å². The molecule has 0 aromatic heterocycles. The summed E-state index contributed by atoms with van der Waals surface area (Å²) in [4.78, 5) is 10.5. The smallest absolute Gasteiger partial charge is 0.303 e. The van der Waals surface area contributed by atoms with Crippen LogP contribution >= 0.6 is 0 Å². The molecule has 1 aromatic rings. The fraction of sp³-hybridized carbons (Fsp3) is 0.462. The van der Waals surface area contributed by atoms with Gasteiger partial charge in [0.2, 0.25) is 10.0 Å². The van der Waals surface area contributed by atoms with E-state index in [-0.39, 0.29) is 12.5 Å². The molecule has 0 saturated carbocycles. The molecule has 1 atom stereocenters. The molecule has 3 N–H and O–H groups in total. The number of hydrogen-bond donors (Lipinski definition) is 3. The van der Waals surface area contributed by atoms with Crippen molar-refractivity contribution >= 4 is 27.4 Å². The van der Waals surface area contributed by atoms with Gasteiger partial charge in [-0.1, -0.05) is 0 Å². The van der Waals surface area contributed by atoms with Crippen molar-refractivity contribution in [1.29, 1.82) is 0 Å². The van der Waals surface area contributed by atoms with Gasteiger partial charge in [0.25, 0.3) is 0 Å². The summed E-state index contributed by atoms with van der Waals surface area (Å²) in [6.45, 7) is 3.71. The van der Waals surface area contributed by atoms with E-state index >= 15 is 0 Å². The Balaban J connectivity index is 2.70. The van der Waals surface area contributed by atoms with Gasteiger partial charge in [0.15, 0.2) is 0 Å². The average molecular weight is 300 g/mol. The first-order valence-corrected chi connectivity index (χ1v) is 8.13. The molecule has 0 amide bonds. The Morgan fingerprint density at radius 1 is 1.40 bits per heavy atom. The van der Waals surface area contributed by atoms with Gasteiger partial charge in [-0.05, 0) is 44.0 Å². The maximum Gasteiger partial charge on any atom is 0.303 e. The average Bonchev–Trinajstić information content (AvgIpc) is 2.28. The van der Waals surface area contributed by atoms with Gasteiger partial charge in [0.05, 0.1) is 11.9 Å². The second-order valence-corrected chi connectivity index (χ2v) is 6.63. The summed E-state index contributed by atoms with van der Waals surface area (Å²) < 4.78 is 24.8. The van der Waals surface area contributed by atoms with Crippen LogP contribution in [0.2, 0.25) is 0 Å². The van der Waals surface area contributed by atoms with E-state index < -0.39 is 16.0 Å². The van der Waals surface area contributed by atoms with Crippen molar-refractivity contribution in [1.82, 2.24) is 0 Å². The highest BCUT2D eigenvalue weighted by Crippen LogP contribution is 2.21. The van der Waals surface area contributed by atoms with E-state index in [0.29, 0.717) is 12.1 Å². The summed E-state index contributed by atoms with van der Waals surface area (Å²) in [5, 5.41) is 11.8. The monoisotopic (exact) mass is 300 g/mol. The SMILES string of the molecule is Cc1cc(NC(C)CCC(=O)O)ccc1NS(C)(=O)=O. The fourth-order valence-corrected chi connectivity index (χ4v) is 2.39. The van der Waals surface area contributed by atoms with Gasteiger partial charge in [0.1, 0.15) is 0 Å². The minimum absolute atomic E-state index is 0.0271. The van der Waals surface area contributed by atoms with E-state index in [0.717, 1.165) is 17.5 Å². The van der Waals surface area contributed by atoms with Crippen LogP contribution in [0.1, 0.15) is 25.3 Å². The van der Waals surface area contributed by atoms with Crippen molar-refractivity contribution in [3.05, 3.63) is 23.8 Å². The molecule has 1 unspecified atom stereocenters. The van der Waals surface area contributed by atoms with E-state index in [9.17, 15) is 13.2 Å². The zero-order valence-electron chi connectivity index (χ0n) is 11.8. The minimum atomic E-state index is -3.29. The highest BCUT2D eigenvalue weighted by Gasteiger charge is 2.08. The first-order chi connectivity index (χ1) is 9.17. The molecule has 0 spiro atoms. The highest BCUT2D eigenvalue weighted by atomic mass is 32.2. The highest BCUT2D eigenvalue weighted by molar-refractivity contribution is 7.92. The Hall–Kier alpha value is -1.76. The van der Waals surface area contributed by atoms with Gasteiger partial charge >= 0.3 is 5.97 Å². The standard InChI is InChI=1S/C13H20N2O4S/c1-9-8-11(14-10(2)4-7-13(16)17)5-6-12(9)15-20(3,18)19/h5-6,8,10,14-15H,4,7H2,1-3H3,(H,16,17). The third-order valence-corrected chi connectivity index (χ3v) is 3.32. The van der Waals surface area contributed by atoms with Crippen LogP contribution in [0.5, 0.6) is 0 Å². The number of aryl methyl sites for hydroxylation is 1. The van der Waals surface area contributed by atoms with Crippen molar-refractivity contribution < 1.29 is 18.3 Å². The van der Waals surface area contributed by atoms with E-state index in [1.165, 1.54) is 0 Å². The lowest BCUT2D eigenvalue weighted by Gasteiger charge is -2.16. The summed E-state index contributed by atoms with van der Waals surface area (Å²) in [6.07, 6.45) is 1.74. The molecule has 20 heavy (non-hydrogen) atoms. The number of anilines is 2. The molecule has 0 bridgehead atoms. The number of hydrogen-bond acceptors (Lipinski definition) is 4. The van der Waals surface area contributed by atoms with Crippen LogP contribution in [0, 0.1) is 6.92 Å². The molecule has 112 valence electrons. The Bertz CT molecular complexity index is 584. The molecule has 1 rings (SSSR count). The van der Waals surface area contributed by atoms with Crippen LogP contribution in [-0.4, -0.2) is 31.8 Å². The number of rotatable bonds is 7. The molecule has 0 fully saturated rings. The Morgan fingerprint density at radius 3 is 2.55 bits per heavy atom. The molecule has 7 heteroatoms. The lowest BCUT2D eigenvalue weighted by molar-refractivity contribution is -0.137. The van der Waals surface area contributed by atoms with Crippen LogP contribution in [0.3, 0.4) is 0 Å². The Kier molecular flexibility index (Phi) is 5.38. The fourth-order valence-electron chi connectivity index (χ4n) is 1.76. The quantitative estimate of drug-likeness (QED) is 0.716. The maximum atomic E-state index is 11.2. The molecular weight excluding hydrogens is 280 g/mol. The number of benzene rings is 1. The van der Waals surface area contributed by atoms with E-state index in [1.807, 2.05) is 13.0 Å². The number of sulfonamides is 1. The molecule has 0 aliphatic rings. The Morgan fingerprint density at radius 2 is 2.05 bits per heavy atom. The van der Waals surface area contributed by atoms with Gasteiger partial charge in [-0.25, -0.2) is 8.42 Å². The zero-order valence-corrected chi connectivity index (χ0v) is 12.6. The molecule has 1 aromatic carbocycles. The largest absolute Gasteiger partial charge is 0.481 e. The maximum absolute atomic E-state index is 11.2. The third-order valence-electron chi connectivity index (χ3n) is 2.73. The number of carboxylic acids is 1. The van der Waals surface area contributed by atoms with Gasteiger partial charge in [0, 0.05) is 18.2 Å².